The van der Waals surface area contributed by atoms with Crippen LogP contribution in [0.25, 0.3) is 0 Å². The van der Waals surface area contributed by atoms with Crippen molar-refractivity contribution in [3.05, 3.63) is 29.3 Å². The minimum Gasteiger partial charge on any atom is -0.496 e. The molecular weight excluding hydrogens is 274 g/mol. The second-order valence-electron chi connectivity index (χ2n) is 7.17. The first-order valence-corrected chi connectivity index (χ1v) is 8.34. The summed E-state index contributed by atoms with van der Waals surface area (Å²) in [5.41, 5.74) is 2.12. The smallest absolute Gasteiger partial charge is 0.122 e. The van der Waals surface area contributed by atoms with Crippen LogP contribution < -0.4 is 4.74 Å². The third kappa shape index (κ3) is 5.62. The molecular formula is C19H33NO2. The van der Waals surface area contributed by atoms with Crippen LogP contribution in [0.4, 0.5) is 0 Å². The summed E-state index contributed by atoms with van der Waals surface area (Å²) in [5, 5.41) is 10.5. The molecule has 0 aliphatic rings. The molecule has 0 aromatic heterocycles. The highest BCUT2D eigenvalue weighted by Gasteiger charge is 2.21. The molecule has 0 saturated carbocycles. The van der Waals surface area contributed by atoms with Gasteiger partial charge in [0, 0.05) is 6.54 Å². The molecule has 0 amide bonds. The molecule has 1 aromatic rings. The molecule has 0 radical (unpaired) electrons. The zero-order valence-corrected chi connectivity index (χ0v) is 15.1. The molecule has 3 nitrogen and oxygen atoms in total. The summed E-state index contributed by atoms with van der Waals surface area (Å²) in [7, 11) is 3.82. The molecule has 1 atom stereocenters. The second kappa shape index (κ2) is 8.54. The molecule has 126 valence electrons. The SMILES string of the molecule is CCCCN(C)CCC(O)c1ccc(OC)c(C(C)(C)C)c1. The van der Waals surface area contributed by atoms with E-state index < -0.39 is 6.10 Å². The normalized spacial score (nSPS) is 13.5. The fourth-order valence-corrected chi connectivity index (χ4v) is 2.57. The lowest BCUT2D eigenvalue weighted by Gasteiger charge is -2.24. The standard InChI is InChI=1S/C19H33NO2/c1-7-8-12-20(5)13-11-17(21)15-9-10-18(22-6)16(14-15)19(2,3)4/h9-10,14,17,21H,7-8,11-13H2,1-6H3. The molecule has 0 aliphatic carbocycles. The Bertz CT molecular complexity index is 451. The van der Waals surface area contributed by atoms with Gasteiger partial charge in [-0.05, 0) is 55.1 Å². The molecule has 0 bridgehead atoms. The van der Waals surface area contributed by atoms with Crippen molar-refractivity contribution in [3.8, 4) is 5.75 Å². The largest absolute Gasteiger partial charge is 0.496 e. The number of hydrogen-bond donors (Lipinski definition) is 1. The number of nitrogens with zero attached hydrogens (tertiary/aromatic N) is 1. The third-order valence-corrected chi connectivity index (χ3v) is 4.09. The number of aliphatic hydroxyl groups excluding tert-OH is 1. The summed E-state index contributed by atoms with van der Waals surface area (Å²) < 4.78 is 5.46. The van der Waals surface area contributed by atoms with Crippen molar-refractivity contribution in [2.75, 3.05) is 27.2 Å². The van der Waals surface area contributed by atoms with E-state index in [2.05, 4.69) is 45.7 Å². The van der Waals surface area contributed by atoms with E-state index in [-0.39, 0.29) is 5.41 Å². The maximum atomic E-state index is 10.5. The summed E-state index contributed by atoms with van der Waals surface area (Å²) in [6.45, 7) is 10.7. The van der Waals surface area contributed by atoms with Gasteiger partial charge < -0.3 is 14.7 Å². The van der Waals surface area contributed by atoms with Crippen molar-refractivity contribution in [2.45, 2.75) is 58.5 Å². The molecule has 1 N–H and O–H groups in total. The average molecular weight is 307 g/mol. The Labute approximate surface area is 136 Å². The van der Waals surface area contributed by atoms with Crippen LogP contribution in [0.5, 0.6) is 5.75 Å². The van der Waals surface area contributed by atoms with Gasteiger partial charge in [-0.2, -0.15) is 0 Å². The van der Waals surface area contributed by atoms with Gasteiger partial charge in [-0.1, -0.05) is 40.2 Å². The lowest BCUT2D eigenvalue weighted by Crippen LogP contribution is -2.22. The number of benzene rings is 1. The monoisotopic (exact) mass is 307 g/mol. The van der Waals surface area contributed by atoms with Crippen molar-refractivity contribution >= 4 is 0 Å². The highest BCUT2D eigenvalue weighted by Crippen LogP contribution is 2.33. The quantitative estimate of drug-likeness (QED) is 0.783. The van der Waals surface area contributed by atoms with E-state index in [4.69, 9.17) is 4.74 Å². The molecule has 1 aromatic carbocycles. The highest BCUT2D eigenvalue weighted by molar-refractivity contribution is 5.42. The molecule has 22 heavy (non-hydrogen) atoms. The zero-order chi connectivity index (χ0) is 16.8. The Morgan fingerprint density at radius 2 is 1.91 bits per heavy atom. The van der Waals surface area contributed by atoms with Crippen LogP contribution in [-0.4, -0.2) is 37.3 Å². The van der Waals surface area contributed by atoms with E-state index in [9.17, 15) is 5.11 Å². The van der Waals surface area contributed by atoms with Gasteiger partial charge in [-0.15, -0.1) is 0 Å². The maximum absolute atomic E-state index is 10.5. The van der Waals surface area contributed by atoms with Crippen molar-refractivity contribution in [3.63, 3.8) is 0 Å². The predicted octanol–water partition coefficient (Wildman–Crippen LogP) is 4.15. The van der Waals surface area contributed by atoms with E-state index in [1.54, 1.807) is 7.11 Å². The van der Waals surface area contributed by atoms with E-state index >= 15 is 0 Å². The number of hydrogen-bond acceptors (Lipinski definition) is 3. The van der Waals surface area contributed by atoms with Crippen molar-refractivity contribution in [1.29, 1.82) is 0 Å². The molecule has 1 unspecified atom stereocenters. The van der Waals surface area contributed by atoms with Crippen LogP contribution in [0, 0.1) is 0 Å². The molecule has 0 spiro atoms. The van der Waals surface area contributed by atoms with Gasteiger partial charge in [-0.25, -0.2) is 0 Å². The summed E-state index contributed by atoms with van der Waals surface area (Å²) in [5.74, 6) is 0.892. The minimum absolute atomic E-state index is 0.00100. The van der Waals surface area contributed by atoms with Gasteiger partial charge in [-0.3, -0.25) is 0 Å². The van der Waals surface area contributed by atoms with Gasteiger partial charge in [0.05, 0.1) is 13.2 Å². The summed E-state index contributed by atoms with van der Waals surface area (Å²) in [6, 6.07) is 6.04. The molecule has 0 heterocycles. The van der Waals surface area contributed by atoms with Gasteiger partial charge in [0.15, 0.2) is 0 Å². The first kappa shape index (κ1) is 19.0. The predicted molar refractivity (Wildman–Crippen MR) is 93.7 cm³/mol. The van der Waals surface area contributed by atoms with Crippen LogP contribution in [-0.2, 0) is 5.41 Å². The first-order valence-electron chi connectivity index (χ1n) is 8.34. The van der Waals surface area contributed by atoms with E-state index in [1.807, 2.05) is 12.1 Å². The summed E-state index contributed by atoms with van der Waals surface area (Å²) in [6.07, 6.45) is 2.76. The van der Waals surface area contributed by atoms with Gasteiger partial charge >= 0.3 is 0 Å². The van der Waals surface area contributed by atoms with E-state index in [1.165, 1.54) is 12.8 Å². The van der Waals surface area contributed by atoms with Gasteiger partial charge in [0.2, 0.25) is 0 Å². The Kier molecular flexibility index (Phi) is 7.37. The van der Waals surface area contributed by atoms with Crippen molar-refractivity contribution in [2.24, 2.45) is 0 Å². The Balaban J connectivity index is 2.75. The molecule has 0 aliphatic heterocycles. The van der Waals surface area contributed by atoms with Crippen LogP contribution in [0.3, 0.4) is 0 Å². The minimum atomic E-state index is -0.420. The van der Waals surface area contributed by atoms with Crippen molar-refractivity contribution < 1.29 is 9.84 Å². The van der Waals surface area contributed by atoms with Crippen molar-refractivity contribution in [1.82, 2.24) is 4.90 Å². The van der Waals surface area contributed by atoms with Gasteiger partial charge in [0.25, 0.3) is 0 Å². The fourth-order valence-electron chi connectivity index (χ4n) is 2.57. The number of ether oxygens (including phenoxy) is 1. The third-order valence-electron chi connectivity index (χ3n) is 4.09. The lowest BCUT2D eigenvalue weighted by molar-refractivity contribution is 0.148. The van der Waals surface area contributed by atoms with Crippen LogP contribution in [0.1, 0.15) is 64.2 Å². The first-order chi connectivity index (χ1) is 10.3. The Morgan fingerprint density at radius 1 is 1.23 bits per heavy atom. The average Bonchev–Trinajstić information content (AvgIpc) is 2.48. The van der Waals surface area contributed by atoms with Gasteiger partial charge in [0.1, 0.15) is 5.75 Å². The molecule has 3 heteroatoms. The molecule has 0 saturated heterocycles. The number of unbranched alkanes of at least 4 members (excludes halogenated alkanes) is 1. The lowest BCUT2D eigenvalue weighted by atomic mass is 9.84. The Hall–Kier alpha value is -1.06. The number of aliphatic hydroxyl groups is 1. The highest BCUT2D eigenvalue weighted by atomic mass is 16.5. The fraction of sp³-hybridized carbons (Fsp3) is 0.684. The summed E-state index contributed by atoms with van der Waals surface area (Å²) >= 11 is 0. The van der Waals surface area contributed by atoms with Crippen LogP contribution in [0.2, 0.25) is 0 Å². The molecule has 1 rings (SSSR count). The molecule has 0 fully saturated rings. The van der Waals surface area contributed by atoms with E-state index in [0.29, 0.717) is 0 Å². The Morgan fingerprint density at radius 3 is 2.45 bits per heavy atom. The number of methoxy groups -OCH3 is 1. The van der Waals surface area contributed by atoms with Crippen LogP contribution >= 0.6 is 0 Å². The zero-order valence-electron chi connectivity index (χ0n) is 15.1. The van der Waals surface area contributed by atoms with E-state index in [0.717, 1.165) is 36.4 Å². The van der Waals surface area contributed by atoms with Crippen LogP contribution in [0.15, 0.2) is 18.2 Å². The maximum Gasteiger partial charge on any atom is 0.122 e. The number of rotatable bonds is 8. The second-order valence-corrected chi connectivity index (χ2v) is 7.17. The summed E-state index contributed by atoms with van der Waals surface area (Å²) in [4.78, 5) is 2.29. The topological polar surface area (TPSA) is 32.7 Å².